The number of hydrogen-bond donors (Lipinski definition) is 0. The molecule has 1 unspecified atom stereocenters. The van der Waals surface area contributed by atoms with Gasteiger partial charge in [0.1, 0.15) is 0 Å². The van der Waals surface area contributed by atoms with Crippen LogP contribution in [0.4, 0.5) is 0 Å². The molecule has 0 spiro atoms. The molecule has 2 rings (SSSR count). The third-order valence-corrected chi connectivity index (χ3v) is 2.81. The molecule has 0 amide bonds. The molecule has 1 fully saturated rings. The summed E-state index contributed by atoms with van der Waals surface area (Å²) < 4.78 is 0. The molecule has 0 aromatic carbocycles. The van der Waals surface area contributed by atoms with Gasteiger partial charge in [-0.05, 0) is 19.3 Å². The quantitative estimate of drug-likeness (QED) is 0.588. The van der Waals surface area contributed by atoms with Crippen molar-refractivity contribution in [3.05, 3.63) is 11.8 Å². The van der Waals surface area contributed by atoms with Gasteiger partial charge >= 0.3 is 0 Å². The predicted molar refractivity (Wildman–Crippen MR) is 47.7 cm³/mol. The molecule has 0 radical (unpaired) electrons. The lowest BCUT2D eigenvalue weighted by Crippen LogP contribution is -2.24. The second kappa shape index (κ2) is 2.92. The Labute approximate surface area is 73.2 Å². The monoisotopic (exact) mass is 165 g/mol. The van der Waals surface area contributed by atoms with E-state index >= 15 is 0 Å². The van der Waals surface area contributed by atoms with Crippen LogP contribution in [0.3, 0.4) is 0 Å². The van der Waals surface area contributed by atoms with Crippen molar-refractivity contribution in [3.63, 3.8) is 0 Å². The van der Waals surface area contributed by atoms with E-state index < -0.39 is 0 Å². The van der Waals surface area contributed by atoms with Crippen LogP contribution in [0.25, 0.3) is 0 Å². The summed E-state index contributed by atoms with van der Waals surface area (Å²) in [6, 6.07) is 0. The van der Waals surface area contributed by atoms with E-state index in [0.717, 1.165) is 25.2 Å². The number of hydrogen-bond acceptors (Lipinski definition) is 2. The van der Waals surface area contributed by atoms with Crippen LogP contribution in [-0.2, 0) is 4.79 Å². The van der Waals surface area contributed by atoms with Crippen molar-refractivity contribution in [2.24, 2.45) is 5.92 Å². The summed E-state index contributed by atoms with van der Waals surface area (Å²) in [4.78, 5) is 13.8. The van der Waals surface area contributed by atoms with E-state index in [1.54, 1.807) is 0 Å². The molecular formula is C10H15NO. The summed E-state index contributed by atoms with van der Waals surface area (Å²) in [6.07, 6.45) is 5.56. The van der Waals surface area contributed by atoms with Crippen molar-refractivity contribution in [1.82, 2.24) is 4.90 Å². The van der Waals surface area contributed by atoms with Gasteiger partial charge in [0, 0.05) is 19.0 Å². The Balaban J connectivity index is 2.08. The zero-order valence-corrected chi connectivity index (χ0v) is 7.55. The minimum Gasteiger partial charge on any atom is -0.369 e. The molecule has 66 valence electrons. The van der Waals surface area contributed by atoms with Crippen LogP contribution in [-0.4, -0.2) is 23.8 Å². The summed E-state index contributed by atoms with van der Waals surface area (Å²) in [5.41, 5.74) is 1.00. The van der Waals surface area contributed by atoms with Gasteiger partial charge in [0.25, 0.3) is 0 Å². The van der Waals surface area contributed by atoms with Gasteiger partial charge in [-0.25, -0.2) is 0 Å². The number of allylic oxidation sites excluding steroid dienone is 2. The molecule has 1 aliphatic carbocycles. The third-order valence-electron chi connectivity index (χ3n) is 2.81. The van der Waals surface area contributed by atoms with E-state index in [1.807, 2.05) is 6.92 Å². The standard InChI is InChI=1S/C10H15NO/c1-8-4-5-9(10(8)12)11-6-2-3-7-11/h5,8H,2-4,6-7H2,1H3. The summed E-state index contributed by atoms with van der Waals surface area (Å²) in [5, 5.41) is 0. The highest BCUT2D eigenvalue weighted by molar-refractivity contribution is 5.98. The molecule has 0 bridgehead atoms. The molecular weight excluding hydrogens is 150 g/mol. The smallest absolute Gasteiger partial charge is 0.181 e. The van der Waals surface area contributed by atoms with Crippen LogP contribution in [0, 0.1) is 5.92 Å². The predicted octanol–water partition coefficient (Wildman–Crippen LogP) is 1.58. The second-order valence-electron chi connectivity index (χ2n) is 3.78. The van der Waals surface area contributed by atoms with Gasteiger partial charge < -0.3 is 4.90 Å². The van der Waals surface area contributed by atoms with Gasteiger partial charge in [0.15, 0.2) is 5.78 Å². The number of nitrogens with zero attached hydrogens (tertiary/aromatic N) is 1. The number of carbonyl (C=O) groups is 1. The van der Waals surface area contributed by atoms with Crippen LogP contribution in [0.15, 0.2) is 11.8 Å². The summed E-state index contributed by atoms with van der Waals surface area (Å²) >= 11 is 0. The van der Waals surface area contributed by atoms with Gasteiger partial charge in [0.05, 0.1) is 5.70 Å². The largest absolute Gasteiger partial charge is 0.369 e. The van der Waals surface area contributed by atoms with Gasteiger partial charge in [-0.1, -0.05) is 13.0 Å². The van der Waals surface area contributed by atoms with E-state index in [-0.39, 0.29) is 5.92 Å². The lowest BCUT2D eigenvalue weighted by Gasteiger charge is -2.17. The fourth-order valence-electron chi connectivity index (χ4n) is 1.99. The molecule has 1 heterocycles. The number of likely N-dealkylation sites (tertiary alicyclic amines) is 1. The molecule has 2 heteroatoms. The van der Waals surface area contributed by atoms with E-state index in [1.165, 1.54) is 12.8 Å². The number of Topliss-reactive ketones (excluding diaryl/α,β-unsaturated/α-hetero) is 1. The van der Waals surface area contributed by atoms with Crippen molar-refractivity contribution in [2.45, 2.75) is 26.2 Å². The first-order valence-electron chi connectivity index (χ1n) is 4.78. The Hall–Kier alpha value is -0.790. The second-order valence-corrected chi connectivity index (χ2v) is 3.78. The molecule has 2 nitrogen and oxygen atoms in total. The number of ketones is 1. The van der Waals surface area contributed by atoms with E-state index in [2.05, 4.69) is 11.0 Å². The first-order chi connectivity index (χ1) is 5.79. The van der Waals surface area contributed by atoms with Crippen molar-refractivity contribution >= 4 is 5.78 Å². The zero-order chi connectivity index (χ0) is 8.55. The molecule has 1 atom stereocenters. The topological polar surface area (TPSA) is 20.3 Å². The molecule has 0 saturated carbocycles. The van der Waals surface area contributed by atoms with Crippen LogP contribution >= 0.6 is 0 Å². The Kier molecular flexibility index (Phi) is 1.91. The average Bonchev–Trinajstić information content (AvgIpc) is 2.64. The SMILES string of the molecule is CC1CC=C(N2CCCC2)C1=O. The highest BCUT2D eigenvalue weighted by atomic mass is 16.1. The molecule has 0 aromatic heterocycles. The summed E-state index contributed by atoms with van der Waals surface area (Å²) in [7, 11) is 0. The molecule has 12 heavy (non-hydrogen) atoms. The highest BCUT2D eigenvalue weighted by Crippen LogP contribution is 2.25. The van der Waals surface area contributed by atoms with Crippen LogP contribution in [0.1, 0.15) is 26.2 Å². The Morgan fingerprint density at radius 2 is 2.08 bits per heavy atom. The average molecular weight is 165 g/mol. The third kappa shape index (κ3) is 1.15. The van der Waals surface area contributed by atoms with Gasteiger partial charge in [-0.3, -0.25) is 4.79 Å². The minimum atomic E-state index is 0.237. The Bertz CT molecular complexity index is 226. The van der Waals surface area contributed by atoms with Gasteiger partial charge in [-0.2, -0.15) is 0 Å². The normalized spacial score (nSPS) is 29.8. The molecule has 2 aliphatic rings. The Morgan fingerprint density at radius 1 is 1.42 bits per heavy atom. The van der Waals surface area contributed by atoms with Crippen molar-refractivity contribution in [2.75, 3.05) is 13.1 Å². The fraction of sp³-hybridized carbons (Fsp3) is 0.700. The molecule has 1 aliphatic heterocycles. The van der Waals surface area contributed by atoms with Crippen LogP contribution < -0.4 is 0 Å². The van der Waals surface area contributed by atoms with Crippen molar-refractivity contribution in [1.29, 1.82) is 0 Å². The van der Waals surface area contributed by atoms with Crippen molar-refractivity contribution in [3.8, 4) is 0 Å². The first-order valence-corrected chi connectivity index (χ1v) is 4.78. The molecule has 1 saturated heterocycles. The summed E-state index contributed by atoms with van der Waals surface area (Å²) in [6.45, 7) is 4.19. The fourth-order valence-corrected chi connectivity index (χ4v) is 1.99. The minimum absolute atomic E-state index is 0.237. The van der Waals surface area contributed by atoms with Crippen molar-refractivity contribution < 1.29 is 4.79 Å². The Morgan fingerprint density at radius 3 is 2.58 bits per heavy atom. The van der Waals surface area contributed by atoms with Gasteiger partial charge in [0.2, 0.25) is 0 Å². The lowest BCUT2D eigenvalue weighted by atomic mass is 10.1. The van der Waals surface area contributed by atoms with Gasteiger partial charge in [-0.15, -0.1) is 0 Å². The maximum absolute atomic E-state index is 11.6. The van der Waals surface area contributed by atoms with Crippen LogP contribution in [0.2, 0.25) is 0 Å². The van der Waals surface area contributed by atoms with E-state index in [9.17, 15) is 4.79 Å². The molecule has 0 N–H and O–H groups in total. The van der Waals surface area contributed by atoms with Crippen LogP contribution in [0.5, 0.6) is 0 Å². The maximum atomic E-state index is 11.6. The highest BCUT2D eigenvalue weighted by Gasteiger charge is 2.28. The lowest BCUT2D eigenvalue weighted by molar-refractivity contribution is -0.119. The maximum Gasteiger partial charge on any atom is 0.181 e. The zero-order valence-electron chi connectivity index (χ0n) is 7.55. The van der Waals surface area contributed by atoms with E-state index in [4.69, 9.17) is 0 Å². The van der Waals surface area contributed by atoms with E-state index in [0.29, 0.717) is 5.78 Å². The number of carbonyl (C=O) groups excluding carboxylic acids is 1. The number of rotatable bonds is 1. The summed E-state index contributed by atoms with van der Waals surface area (Å²) in [5.74, 6) is 0.595. The molecule has 0 aromatic rings. The first kappa shape index (κ1) is 7.84.